The van der Waals surface area contributed by atoms with Crippen molar-refractivity contribution >= 4 is 47.3 Å². The van der Waals surface area contributed by atoms with Crippen LogP contribution in [0.1, 0.15) is 201 Å². The molecule has 0 aromatic rings. The van der Waals surface area contributed by atoms with Gasteiger partial charge in [0.05, 0.1) is 190 Å². The molecule has 0 saturated heterocycles. The Morgan fingerprint density at radius 3 is 1.07 bits per heavy atom. The van der Waals surface area contributed by atoms with Gasteiger partial charge in [-0.25, -0.2) is 0 Å². The number of esters is 2. The van der Waals surface area contributed by atoms with E-state index < -0.39 is 42.5 Å². The summed E-state index contributed by atoms with van der Waals surface area (Å²) >= 11 is 1.28. The molecule has 2 unspecified atom stereocenters. The van der Waals surface area contributed by atoms with E-state index in [2.05, 4.69) is 29.8 Å². The average molecular weight is 1440 g/mol. The van der Waals surface area contributed by atoms with E-state index in [1.807, 2.05) is 13.8 Å². The molecule has 0 radical (unpaired) electrons. The first-order chi connectivity index (χ1) is 48.4. The molecule has 5 atom stereocenters. The van der Waals surface area contributed by atoms with E-state index in [9.17, 15) is 33.9 Å². The third kappa shape index (κ3) is 68.8. The zero-order valence-corrected chi connectivity index (χ0v) is 62.7. The molecule has 0 saturated carbocycles. The summed E-state index contributed by atoms with van der Waals surface area (Å²) in [6, 6.07) is -2.27. The van der Waals surface area contributed by atoms with Crippen LogP contribution in [-0.2, 0) is 95.1 Å². The molecule has 99 heavy (non-hydrogen) atoms. The lowest BCUT2D eigenvalue weighted by Gasteiger charge is -2.22. The maximum absolute atomic E-state index is 13.4. The minimum Gasteiger partial charge on any atom is -0.461 e. The molecule has 0 rings (SSSR count). The van der Waals surface area contributed by atoms with Crippen molar-refractivity contribution in [3.63, 3.8) is 0 Å². The monoisotopic (exact) mass is 1440 g/mol. The first-order valence-electron chi connectivity index (χ1n) is 37.7. The number of aliphatic hydroxyl groups is 1. The summed E-state index contributed by atoms with van der Waals surface area (Å²) in [5.74, 6) is -3.01. The number of carbonyl (C=O) groups excluding carboxylic acids is 6. The Hall–Kier alpha value is -3.39. The average Bonchev–Trinajstić information content (AvgIpc) is 1.34. The van der Waals surface area contributed by atoms with E-state index in [1.54, 1.807) is 0 Å². The lowest BCUT2D eigenvalue weighted by Crippen LogP contribution is -2.54. The Kier molecular flexibility index (Phi) is 73.2. The zero-order chi connectivity index (χ0) is 72.4. The second-order valence-corrected chi connectivity index (χ2v) is 25.9. The lowest BCUT2D eigenvalue weighted by molar-refractivity contribution is -0.162. The number of nitrogens with two attached hydrogens (primary N) is 2. The minimum atomic E-state index is -1.23. The zero-order valence-electron chi connectivity index (χ0n) is 61.9. The largest absolute Gasteiger partial charge is 0.461 e. The van der Waals surface area contributed by atoms with E-state index >= 15 is 0 Å². The molecular formula is C72H139N5O21S. The van der Waals surface area contributed by atoms with E-state index in [0.29, 0.717) is 145 Å². The Morgan fingerprint density at radius 2 is 0.727 bits per heavy atom. The fourth-order valence-electron chi connectivity index (χ4n) is 9.74. The van der Waals surface area contributed by atoms with Crippen LogP contribution in [0.2, 0.25) is 0 Å². The standard InChI is InChI=1S/C72H139N5O21S/c1-5-7-9-11-13-15-17-19-21-23-25-27-29-62(3)71(83)97-59-64(98-72(84)63(4)30-28-26-24-22-20-18-16-14-12-10-8-6-2)60-99-61-65(73)69(81)77-66(58-78)70(82)75-32-34-86-36-38-88-40-42-90-44-46-92-48-50-94-52-54-96-56-55-95-53-51-93-49-47-91-45-43-89-41-39-87-37-35-85-33-31-68(80)76-57-67(74)79/h62-66,78H,5-61,73H2,1-4H3,(H2,74,79)(H,75,82)(H,76,80)(H,77,81)/t62?,63?,64-,65+,66+/m1/s1. The van der Waals surface area contributed by atoms with Crippen molar-refractivity contribution in [2.45, 2.75) is 219 Å². The third-order valence-electron chi connectivity index (χ3n) is 15.8. The quantitative estimate of drug-likeness (QED) is 0.0250. The van der Waals surface area contributed by atoms with Gasteiger partial charge in [-0.1, -0.05) is 182 Å². The van der Waals surface area contributed by atoms with Gasteiger partial charge in [0.2, 0.25) is 23.6 Å². The third-order valence-corrected chi connectivity index (χ3v) is 17.0. The number of aliphatic hydroxyl groups excluding tert-OH is 1. The Morgan fingerprint density at radius 1 is 0.404 bits per heavy atom. The van der Waals surface area contributed by atoms with Crippen molar-refractivity contribution in [3.8, 4) is 0 Å². The molecular weight excluding hydrogens is 1300 g/mol. The minimum absolute atomic E-state index is 0.100. The van der Waals surface area contributed by atoms with Crippen LogP contribution in [0.4, 0.5) is 0 Å². The second-order valence-electron chi connectivity index (χ2n) is 24.9. The van der Waals surface area contributed by atoms with Crippen LogP contribution in [0.25, 0.3) is 0 Å². The summed E-state index contributed by atoms with van der Waals surface area (Å²) in [6.45, 7) is 16.9. The molecule has 0 spiro atoms. The van der Waals surface area contributed by atoms with Crippen LogP contribution in [0.5, 0.6) is 0 Å². The van der Waals surface area contributed by atoms with Crippen molar-refractivity contribution in [3.05, 3.63) is 0 Å². The van der Waals surface area contributed by atoms with E-state index in [-0.39, 0.29) is 87.1 Å². The fraction of sp³-hybridized carbons (Fsp3) is 0.917. The molecule has 4 amide bonds. The highest BCUT2D eigenvalue weighted by atomic mass is 32.2. The predicted molar refractivity (Wildman–Crippen MR) is 385 cm³/mol. The molecule has 0 aromatic carbocycles. The first-order valence-corrected chi connectivity index (χ1v) is 38.9. The molecule has 0 aliphatic rings. The topological polar surface area (TPSA) is 340 Å². The van der Waals surface area contributed by atoms with Crippen molar-refractivity contribution in [2.24, 2.45) is 23.3 Å². The predicted octanol–water partition coefficient (Wildman–Crippen LogP) is 7.74. The van der Waals surface area contributed by atoms with Crippen molar-refractivity contribution in [2.75, 3.05) is 196 Å². The van der Waals surface area contributed by atoms with Gasteiger partial charge in [0.25, 0.3) is 0 Å². The molecule has 27 heteroatoms. The Balaban J connectivity index is 4.15. The van der Waals surface area contributed by atoms with Crippen molar-refractivity contribution in [1.82, 2.24) is 16.0 Å². The number of thioether (sulfide) groups is 1. The normalized spacial score (nSPS) is 13.0. The molecule has 0 aliphatic heterocycles. The number of unbranched alkanes of at least 4 members (excludes halogenated alkanes) is 22. The van der Waals surface area contributed by atoms with Crippen LogP contribution < -0.4 is 27.4 Å². The molecule has 0 bridgehead atoms. The van der Waals surface area contributed by atoms with Crippen LogP contribution in [0.15, 0.2) is 0 Å². The van der Waals surface area contributed by atoms with Gasteiger partial charge in [0, 0.05) is 24.5 Å². The molecule has 0 aliphatic carbocycles. The lowest BCUT2D eigenvalue weighted by atomic mass is 10.0. The molecule has 8 N–H and O–H groups in total. The molecule has 26 nitrogen and oxygen atoms in total. The highest BCUT2D eigenvalue weighted by Gasteiger charge is 2.26. The van der Waals surface area contributed by atoms with Crippen LogP contribution in [0, 0.1) is 11.8 Å². The van der Waals surface area contributed by atoms with Crippen LogP contribution in [-0.4, -0.2) is 255 Å². The SMILES string of the molecule is CCCCCCCCCCCCCCC(C)C(=O)OC[C@H](CSC[C@H](N)C(=O)N[C@@H](CO)C(=O)NCCOCCOCCOCCOCCOCCOCCOCCOCCOCCOCCOCCOCCC(=O)NCC(N)=O)OC(=O)C(C)CCCCCCCCCCCCCC. The van der Waals surface area contributed by atoms with Gasteiger partial charge in [-0.15, -0.1) is 0 Å². The van der Waals surface area contributed by atoms with Gasteiger partial charge in [-0.3, -0.25) is 28.8 Å². The van der Waals surface area contributed by atoms with Gasteiger partial charge >= 0.3 is 11.9 Å². The van der Waals surface area contributed by atoms with Crippen LogP contribution in [0.3, 0.4) is 0 Å². The summed E-state index contributed by atoms with van der Waals surface area (Å²) in [5, 5.41) is 17.5. The number of nitrogens with one attached hydrogen (secondary N) is 3. The number of hydrogen-bond acceptors (Lipinski definition) is 23. The summed E-state index contributed by atoms with van der Waals surface area (Å²) in [4.78, 5) is 74.6. The molecule has 0 fully saturated rings. The van der Waals surface area contributed by atoms with E-state index in [1.165, 1.54) is 134 Å². The summed E-state index contributed by atoms with van der Waals surface area (Å²) in [5.41, 5.74) is 11.2. The summed E-state index contributed by atoms with van der Waals surface area (Å²) < 4.78 is 77.6. The number of ether oxygens (including phenoxy) is 14. The van der Waals surface area contributed by atoms with Gasteiger partial charge in [0.1, 0.15) is 18.8 Å². The molecule has 584 valence electrons. The number of amides is 4. The van der Waals surface area contributed by atoms with Gasteiger partial charge in [-0.2, -0.15) is 11.8 Å². The van der Waals surface area contributed by atoms with Crippen molar-refractivity contribution in [1.29, 1.82) is 0 Å². The number of primary amides is 1. The molecule has 0 heterocycles. The Labute approximate surface area is 599 Å². The Bertz CT molecular complexity index is 1840. The molecule has 0 aromatic heterocycles. The highest BCUT2D eigenvalue weighted by Crippen LogP contribution is 2.20. The second kappa shape index (κ2) is 75.8. The number of hydrogen-bond donors (Lipinski definition) is 6. The summed E-state index contributed by atoms with van der Waals surface area (Å²) in [6.07, 6.45) is 30.7. The summed E-state index contributed by atoms with van der Waals surface area (Å²) in [7, 11) is 0. The van der Waals surface area contributed by atoms with Gasteiger partial charge in [0.15, 0.2) is 0 Å². The van der Waals surface area contributed by atoms with E-state index in [0.717, 1.165) is 38.5 Å². The maximum atomic E-state index is 13.4. The first kappa shape index (κ1) is 95.6. The smallest absolute Gasteiger partial charge is 0.309 e. The fourth-order valence-corrected chi connectivity index (χ4v) is 10.7. The van der Waals surface area contributed by atoms with Gasteiger partial charge < -0.3 is 98.8 Å². The van der Waals surface area contributed by atoms with Crippen LogP contribution >= 0.6 is 11.8 Å². The van der Waals surface area contributed by atoms with Crippen molar-refractivity contribution < 1.29 is 100 Å². The highest BCUT2D eigenvalue weighted by molar-refractivity contribution is 7.99. The maximum Gasteiger partial charge on any atom is 0.309 e. The number of rotatable bonds is 80. The van der Waals surface area contributed by atoms with Gasteiger partial charge in [-0.05, 0) is 12.8 Å². The van der Waals surface area contributed by atoms with E-state index in [4.69, 9.17) is 77.8 Å². The number of carbonyl (C=O) groups is 6.